The second-order valence-electron chi connectivity index (χ2n) is 6.94. The monoisotopic (exact) mass is 378 g/mol. The van der Waals surface area contributed by atoms with E-state index < -0.39 is 23.7 Å². The predicted molar refractivity (Wildman–Crippen MR) is 89.7 cm³/mol. The third-order valence-electron chi connectivity index (χ3n) is 5.31. The van der Waals surface area contributed by atoms with Crippen molar-refractivity contribution in [2.45, 2.75) is 37.6 Å². The topological polar surface area (TPSA) is 51.5 Å². The SMILES string of the molecule is Cc1ccn2c1C1(CCN(C(=O)C(F)(F)F)C(C=O)C1)Oc1ccccc1-2. The van der Waals surface area contributed by atoms with Gasteiger partial charge in [0.1, 0.15) is 12.0 Å². The molecule has 1 aromatic carbocycles. The Morgan fingerprint density at radius 2 is 2.04 bits per heavy atom. The number of aryl methyl sites for hydroxylation is 1. The van der Waals surface area contributed by atoms with Crippen LogP contribution in [0.25, 0.3) is 5.69 Å². The summed E-state index contributed by atoms with van der Waals surface area (Å²) in [4.78, 5) is 23.9. The van der Waals surface area contributed by atoms with Gasteiger partial charge in [-0.3, -0.25) is 4.79 Å². The van der Waals surface area contributed by atoms with Gasteiger partial charge in [-0.25, -0.2) is 0 Å². The van der Waals surface area contributed by atoms with Crippen molar-refractivity contribution in [1.82, 2.24) is 9.47 Å². The Morgan fingerprint density at radius 1 is 1.30 bits per heavy atom. The first-order valence-electron chi connectivity index (χ1n) is 8.57. The number of carbonyl (C=O) groups excluding carboxylic acids is 2. The molecule has 2 aliphatic rings. The number of aldehydes is 1. The smallest absolute Gasteiger partial charge is 0.471 e. The molecular formula is C19H17F3N2O3. The standard InChI is InChI=1S/C19H17F3N2O3/c1-12-6-8-24-14-4-2-3-5-15(14)27-18(16(12)24)7-9-23(13(10-18)11-25)17(26)19(20,21)22/h2-6,8,11,13H,7,9-10H2,1H3. The second-order valence-corrected chi connectivity index (χ2v) is 6.94. The Balaban J connectivity index is 1.76. The highest BCUT2D eigenvalue weighted by molar-refractivity contribution is 5.85. The van der Waals surface area contributed by atoms with Crippen LogP contribution in [0.1, 0.15) is 24.1 Å². The van der Waals surface area contributed by atoms with Gasteiger partial charge in [0.2, 0.25) is 0 Å². The summed E-state index contributed by atoms with van der Waals surface area (Å²) >= 11 is 0. The molecule has 142 valence electrons. The summed E-state index contributed by atoms with van der Waals surface area (Å²) in [6.45, 7) is 1.68. The molecule has 3 heterocycles. The van der Waals surface area contributed by atoms with Crippen LogP contribution < -0.4 is 4.74 Å². The first kappa shape index (κ1) is 17.6. The number of aromatic nitrogens is 1. The number of fused-ring (bicyclic) bond motifs is 4. The van der Waals surface area contributed by atoms with Crippen molar-refractivity contribution in [3.05, 3.63) is 47.8 Å². The van der Waals surface area contributed by atoms with Crippen LogP contribution in [0.15, 0.2) is 36.5 Å². The molecule has 2 aliphatic heterocycles. The number of alkyl halides is 3. The van der Waals surface area contributed by atoms with E-state index in [1.807, 2.05) is 42.0 Å². The Bertz CT molecular complexity index is 921. The number of carbonyl (C=O) groups is 2. The summed E-state index contributed by atoms with van der Waals surface area (Å²) in [6, 6.07) is 8.07. The van der Waals surface area contributed by atoms with Gasteiger partial charge >= 0.3 is 12.1 Å². The van der Waals surface area contributed by atoms with Gasteiger partial charge in [-0.05, 0) is 30.7 Å². The highest BCUT2D eigenvalue weighted by Gasteiger charge is 2.53. The van der Waals surface area contributed by atoms with Crippen molar-refractivity contribution in [1.29, 1.82) is 0 Å². The first-order valence-corrected chi connectivity index (χ1v) is 8.57. The number of amides is 1. The zero-order chi connectivity index (χ0) is 19.4. The van der Waals surface area contributed by atoms with Gasteiger partial charge in [0.15, 0.2) is 5.60 Å². The highest BCUT2D eigenvalue weighted by atomic mass is 19.4. The lowest BCUT2D eigenvalue weighted by molar-refractivity contribution is -0.192. The fourth-order valence-electron chi connectivity index (χ4n) is 4.17. The van der Waals surface area contributed by atoms with Crippen molar-refractivity contribution >= 4 is 12.2 Å². The number of hydrogen-bond acceptors (Lipinski definition) is 3. The number of rotatable bonds is 1. The summed E-state index contributed by atoms with van der Waals surface area (Å²) < 4.78 is 46.9. The molecule has 0 radical (unpaired) electrons. The third kappa shape index (κ3) is 2.62. The largest absolute Gasteiger partial charge is 0.479 e. The lowest BCUT2D eigenvalue weighted by Gasteiger charge is -2.47. The summed E-state index contributed by atoms with van der Waals surface area (Å²) in [7, 11) is 0. The molecule has 2 unspecified atom stereocenters. The zero-order valence-corrected chi connectivity index (χ0v) is 14.5. The summed E-state index contributed by atoms with van der Waals surface area (Å²) in [6.07, 6.45) is -2.59. The Labute approximate surface area is 153 Å². The van der Waals surface area contributed by atoms with Gasteiger partial charge in [0, 0.05) is 25.6 Å². The maximum atomic E-state index is 12.9. The van der Waals surface area contributed by atoms with E-state index in [4.69, 9.17) is 4.74 Å². The minimum atomic E-state index is -5.01. The van der Waals surface area contributed by atoms with Gasteiger partial charge in [0.05, 0.1) is 17.4 Å². The quantitative estimate of drug-likeness (QED) is 0.717. The van der Waals surface area contributed by atoms with Gasteiger partial charge < -0.3 is 19.0 Å². The summed E-state index contributed by atoms with van der Waals surface area (Å²) in [5.74, 6) is -1.39. The van der Waals surface area contributed by atoms with Crippen LogP contribution in [0.4, 0.5) is 13.2 Å². The maximum Gasteiger partial charge on any atom is 0.471 e. The van der Waals surface area contributed by atoms with E-state index in [1.54, 1.807) is 6.07 Å². The maximum absolute atomic E-state index is 12.9. The van der Waals surface area contributed by atoms with Gasteiger partial charge in [-0.15, -0.1) is 0 Å². The number of halogens is 3. The molecule has 0 saturated carbocycles. The van der Waals surface area contributed by atoms with Crippen LogP contribution in [-0.4, -0.2) is 40.4 Å². The van der Waals surface area contributed by atoms with Crippen molar-refractivity contribution in [3.8, 4) is 11.4 Å². The number of likely N-dealkylation sites (tertiary alicyclic amines) is 1. The van der Waals surface area contributed by atoms with Crippen molar-refractivity contribution < 1.29 is 27.5 Å². The van der Waals surface area contributed by atoms with Crippen molar-refractivity contribution in [2.75, 3.05) is 6.54 Å². The Hall–Kier alpha value is -2.77. The minimum Gasteiger partial charge on any atom is -0.479 e. The molecular weight excluding hydrogens is 361 g/mol. The number of piperidine rings is 1. The molecule has 0 aliphatic carbocycles. The number of nitrogens with zero attached hydrogens (tertiary/aromatic N) is 2. The summed E-state index contributed by atoms with van der Waals surface area (Å²) in [5, 5.41) is 0. The molecule has 2 aromatic rings. The van der Waals surface area contributed by atoms with E-state index in [9.17, 15) is 22.8 Å². The van der Waals surface area contributed by atoms with Gasteiger partial charge in [-0.2, -0.15) is 13.2 Å². The van der Waals surface area contributed by atoms with E-state index >= 15 is 0 Å². The lowest BCUT2D eigenvalue weighted by Crippen LogP contribution is -2.58. The van der Waals surface area contributed by atoms with Gasteiger partial charge in [-0.1, -0.05) is 12.1 Å². The first-order chi connectivity index (χ1) is 12.8. The summed E-state index contributed by atoms with van der Waals surface area (Å²) in [5.41, 5.74) is 1.61. The molecule has 8 heteroatoms. The minimum absolute atomic E-state index is 0.0303. The molecule has 2 atom stereocenters. The average molecular weight is 378 g/mol. The Kier molecular flexibility index (Phi) is 3.83. The van der Waals surface area contributed by atoms with Crippen molar-refractivity contribution in [3.63, 3.8) is 0 Å². The third-order valence-corrected chi connectivity index (χ3v) is 5.31. The van der Waals surface area contributed by atoms with Crippen LogP contribution in [0.5, 0.6) is 5.75 Å². The van der Waals surface area contributed by atoms with E-state index in [2.05, 4.69) is 0 Å². The molecule has 5 nitrogen and oxygen atoms in total. The van der Waals surface area contributed by atoms with Crippen LogP contribution in [0.2, 0.25) is 0 Å². The van der Waals surface area contributed by atoms with Gasteiger partial charge in [0.25, 0.3) is 0 Å². The fraction of sp³-hybridized carbons (Fsp3) is 0.368. The lowest BCUT2D eigenvalue weighted by atomic mass is 9.81. The molecule has 0 N–H and O–H groups in total. The van der Waals surface area contributed by atoms with E-state index in [-0.39, 0.29) is 19.4 Å². The molecule has 1 fully saturated rings. The zero-order valence-electron chi connectivity index (χ0n) is 14.5. The number of ether oxygens (including phenoxy) is 1. The molecule has 1 saturated heterocycles. The average Bonchev–Trinajstić information content (AvgIpc) is 3.03. The highest BCUT2D eigenvalue weighted by Crippen LogP contribution is 2.47. The molecule has 0 bridgehead atoms. The molecule has 1 spiro atoms. The predicted octanol–water partition coefficient (Wildman–Crippen LogP) is 3.13. The molecule has 1 aromatic heterocycles. The fourth-order valence-corrected chi connectivity index (χ4v) is 4.17. The van der Waals surface area contributed by atoms with Crippen molar-refractivity contribution in [2.24, 2.45) is 0 Å². The number of benzene rings is 1. The van der Waals surface area contributed by atoms with Crippen LogP contribution in [0, 0.1) is 6.92 Å². The number of para-hydroxylation sites is 2. The molecule has 4 rings (SSSR count). The molecule has 1 amide bonds. The van der Waals surface area contributed by atoms with Crippen LogP contribution in [0.3, 0.4) is 0 Å². The normalized spacial score (nSPS) is 24.1. The Morgan fingerprint density at radius 3 is 2.74 bits per heavy atom. The van der Waals surface area contributed by atoms with E-state index in [0.717, 1.165) is 16.9 Å². The molecule has 27 heavy (non-hydrogen) atoms. The van der Waals surface area contributed by atoms with Crippen LogP contribution in [-0.2, 0) is 15.2 Å². The second kappa shape index (κ2) is 5.87. The number of hydrogen-bond donors (Lipinski definition) is 0. The van der Waals surface area contributed by atoms with E-state index in [0.29, 0.717) is 16.9 Å². The van der Waals surface area contributed by atoms with E-state index in [1.165, 1.54) is 0 Å². The van der Waals surface area contributed by atoms with Crippen LogP contribution >= 0.6 is 0 Å².